The second-order valence-corrected chi connectivity index (χ2v) is 4.72. The van der Waals surface area contributed by atoms with Crippen molar-refractivity contribution in [1.82, 2.24) is 0 Å². The smallest absolute Gasteiger partial charge is 0.276 e. The first-order valence-corrected chi connectivity index (χ1v) is 6.33. The highest BCUT2D eigenvalue weighted by molar-refractivity contribution is 6.34. The maximum absolute atomic E-state index is 10.9. The number of halogens is 1. The van der Waals surface area contributed by atoms with Crippen molar-refractivity contribution in [2.45, 2.75) is 6.92 Å². The zero-order valence-electron chi connectivity index (χ0n) is 11.1. The molecule has 2 aromatic carbocycles. The largest absolute Gasteiger partial charge is 0.457 e. The van der Waals surface area contributed by atoms with E-state index in [1.807, 2.05) is 0 Å². The third kappa shape index (κ3) is 3.11. The molecule has 21 heavy (non-hydrogen) atoms. The highest BCUT2D eigenvalue weighted by Crippen LogP contribution is 2.32. The molecule has 0 aliphatic heterocycles. The molecule has 2 aromatic rings. The molecule has 0 heterocycles. The standard InChI is InChI=1S/C14H12ClN3O3/c1-8-12(18(19)20)3-2-4-13(8)21-9-5-6-10(14(16)17)11(15)7-9/h2-7H,1H3,(H3,16,17). The molecule has 0 radical (unpaired) electrons. The van der Waals surface area contributed by atoms with Crippen molar-refractivity contribution < 1.29 is 9.66 Å². The lowest BCUT2D eigenvalue weighted by Gasteiger charge is -2.10. The number of hydrogen-bond donors (Lipinski definition) is 2. The minimum absolute atomic E-state index is 0.0149. The van der Waals surface area contributed by atoms with Gasteiger partial charge in [0.05, 0.1) is 15.5 Å². The Kier molecular flexibility index (Phi) is 4.09. The first-order chi connectivity index (χ1) is 9.90. The summed E-state index contributed by atoms with van der Waals surface area (Å²) in [5.74, 6) is 0.641. The summed E-state index contributed by atoms with van der Waals surface area (Å²) in [6, 6.07) is 9.26. The van der Waals surface area contributed by atoms with Crippen LogP contribution in [-0.2, 0) is 0 Å². The van der Waals surface area contributed by atoms with Gasteiger partial charge in [0.2, 0.25) is 0 Å². The molecule has 2 rings (SSSR count). The molecule has 0 saturated carbocycles. The van der Waals surface area contributed by atoms with Crippen LogP contribution in [-0.4, -0.2) is 10.8 Å². The molecule has 0 spiro atoms. The molecule has 7 heteroatoms. The van der Waals surface area contributed by atoms with Gasteiger partial charge in [-0.3, -0.25) is 15.5 Å². The van der Waals surface area contributed by atoms with Crippen LogP contribution in [0.1, 0.15) is 11.1 Å². The molecular formula is C14H12ClN3O3. The Labute approximate surface area is 125 Å². The number of nitro groups is 1. The van der Waals surface area contributed by atoms with Crippen LogP contribution in [0, 0.1) is 22.4 Å². The fourth-order valence-electron chi connectivity index (χ4n) is 1.82. The number of rotatable bonds is 4. The van der Waals surface area contributed by atoms with Crippen LogP contribution in [0.3, 0.4) is 0 Å². The molecule has 3 N–H and O–H groups in total. The zero-order chi connectivity index (χ0) is 15.6. The minimum Gasteiger partial charge on any atom is -0.457 e. The highest BCUT2D eigenvalue weighted by atomic mass is 35.5. The van der Waals surface area contributed by atoms with Crippen molar-refractivity contribution in [1.29, 1.82) is 5.41 Å². The number of nitrogens with one attached hydrogen (secondary N) is 1. The van der Waals surface area contributed by atoms with E-state index in [1.54, 1.807) is 31.2 Å². The Morgan fingerprint density at radius 1 is 1.38 bits per heavy atom. The van der Waals surface area contributed by atoms with Gasteiger partial charge < -0.3 is 10.5 Å². The predicted molar refractivity (Wildman–Crippen MR) is 80.4 cm³/mol. The number of ether oxygens (including phenoxy) is 1. The third-order valence-electron chi connectivity index (χ3n) is 2.91. The van der Waals surface area contributed by atoms with Gasteiger partial charge in [-0.15, -0.1) is 0 Å². The maximum Gasteiger partial charge on any atom is 0.276 e. The third-order valence-corrected chi connectivity index (χ3v) is 3.22. The summed E-state index contributed by atoms with van der Waals surface area (Å²) in [6.45, 7) is 1.61. The first kappa shape index (κ1) is 14.8. The van der Waals surface area contributed by atoms with Crippen molar-refractivity contribution >= 4 is 23.1 Å². The van der Waals surface area contributed by atoms with E-state index in [2.05, 4.69) is 0 Å². The molecule has 0 aliphatic carbocycles. The summed E-state index contributed by atoms with van der Waals surface area (Å²) in [5.41, 5.74) is 6.19. The van der Waals surface area contributed by atoms with Gasteiger partial charge in [0.15, 0.2) is 0 Å². The SMILES string of the molecule is Cc1c(Oc2ccc(C(=N)N)c(Cl)c2)cccc1[N+](=O)[O-]. The van der Waals surface area contributed by atoms with Gasteiger partial charge in [-0.25, -0.2) is 0 Å². The molecule has 0 aromatic heterocycles. The summed E-state index contributed by atoms with van der Waals surface area (Å²) >= 11 is 6.00. The van der Waals surface area contributed by atoms with Crippen LogP contribution in [0.15, 0.2) is 36.4 Å². The van der Waals surface area contributed by atoms with Gasteiger partial charge >= 0.3 is 0 Å². The maximum atomic E-state index is 10.9. The number of nitrogens with zero attached hydrogens (tertiary/aromatic N) is 1. The number of benzene rings is 2. The lowest BCUT2D eigenvalue weighted by molar-refractivity contribution is -0.385. The molecule has 0 unspecified atom stereocenters. The summed E-state index contributed by atoms with van der Waals surface area (Å²) in [6.07, 6.45) is 0. The lowest BCUT2D eigenvalue weighted by atomic mass is 10.1. The van der Waals surface area contributed by atoms with E-state index in [1.165, 1.54) is 12.1 Å². The quantitative estimate of drug-likeness (QED) is 0.389. The molecule has 0 bridgehead atoms. The van der Waals surface area contributed by atoms with E-state index in [0.29, 0.717) is 22.6 Å². The van der Waals surface area contributed by atoms with Crippen molar-refractivity contribution in [3.8, 4) is 11.5 Å². The summed E-state index contributed by atoms with van der Waals surface area (Å²) in [4.78, 5) is 10.4. The summed E-state index contributed by atoms with van der Waals surface area (Å²) in [7, 11) is 0. The second-order valence-electron chi connectivity index (χ2n) is 4.31. The number of nitrogen functional groups attached to an aromatic ring is 1. The average molecular weight is 306 g/mol. The van der Waals surface area contributed by atoms with Gasteiger partial charge in [-0.2, -0.15) is 0 Å². The summed E-state index contributed by atoms with van der Waals surface area (Å²) < 4.78 is 5.62. The van der Waals surface area contributed by atoms with E-state index in [9.17, 15) is 10.1 Å². The molecule has 0 saturated heterocycles. The van der Waals surface area contributed by atoms with Gasteiger partial charge in [0, 0.05) is 17.7 Å². The van der Waals surface area contributed by atoms with Crippen LogP contribution < -0.4 is 10.5 Å². The Bertz CT molecular complexity index is 731. The van der Waals surface area contributed by atoms with Gasteiger partial charge in [-0.1, -0.05) is 17.7 Å². The molecular weight excluding hydrogens is 294 g/mol. The van der Waals surface area contributed by atoms with Gasteiger partial charge in [0.25, 0.3) is 5.69 Å². The fraction of sp³-hybridized carbons (Fsp3) is 0.0714. The van der Waals surface area contributed by atoms with Crippen LogP contribution in [0.5, 0.6) is 11.5 Å². The van der Waals surface area contributed by atoms with E-state index in [-0.39, 0.29) is 16.5 Å². The second kappa shape index (κ2) is 5.80. The Morgan fingerprint density at radius 2 is 2.10 bits per heavy atom. The average Bonchev–Trinajstić information content (AvgIpc) is 2.40. The summed E-state index contributed by atoms with van der Waals surface area (Å²) in [5, 5.41) is 18.5. The first-order valence-electron chi connectivity index (χ1n) is 5.96. The monoisotopic (exact) mass is 305 g/mol. The Morgan fingerprint density at radius 3 is 2.67 bits per heavy atom. The predicted octanol–water partition coefficient (Wildman–Crippen LogP) is 3.63. The zero-order valence-corrected chi connectivity index (χ0v) is 11.8. The Balaban J connectivity index is 2.35. The van der Waals surface area contributed by atoms with Gasteiger partial charge in [-0.05, 0) is 25.1 Å². The normalized spacial score (nSPS) is 10.2. The molecule has 6 nitrogen and oxygen atoms in total. The van der Waals surface area contributed by atoms with E-state index in [0.717, 1.165) is 0 Å². The lowest BCUT2D eigenvalue weighted by Crippen LogP contribution is -2.11. The van der Waals surface area contributed by atoms with Crippen LogP contribution in [0.4, 0.5) is 5.69 Å². The number of nitro benzene ring substituents is 1. The van der Waals surface area contributed by atoms with Crippen molar-refractivity contribution in [2.75, 3.05) is 0 Å². The van der Waals surface area contributed by atoms with E-state index < -0.39 is 4.92 Å². The van der Waals surface area contributed by atoms with Crippen LogP contribution in [0.2, 0.25) is 5.02 Å². The Hall–Kier alpha value is -2.60. The number of nitrogens with two attached hydrogens (primary N) is 1. The molecule has 108 valence electrons. The van der Waals surface area contributed by atoms with Crippen molar-refractivity contribution in [2.24, 2.45) is 5.73 Å². The van der Waals surface area contributed by atoms with Crippen LogP contribution in [0.25, 0.3) is 0 Å². The number of hydrogen-bond acceptors (Lipinski definition) is 4. The highest BCUT2D eigenvalue weighted by Gasteiger charge is 2.15. The number of amidine groups is 1. The van der Waals surface area contributed by atoms with E-state index >= 15 is 0 Å². The molecule has 0 amide bonds. The van der Waals surface area contributed by atoms with Crippen LogP contribution >= 0.6 is 11.6 Å². The van der Waals surface area contributed by atoms with Crippen molar-refractivity contribution in [3.05, 3.63) is 62.7 Å². The topological polar surface area (TPSA) is 102 Å². The molecule has 0 fully saturated rings. The fourth-order valence-corrected chi connectivity index (χ4v) is 2.09. The van der Waals surface area contributed by atoms with Gasteiger partial charge in [0.1, 0.15) is 17.3 Å². The molecule has 0 aliphatic rings. The minimum atomic E-state index is -0.464. The molecule has 0 atom stereocenters. The van der Waals surface area contributed by atoms with Crippen molar-refractivity contribution in [3.63, 3.8) is 0 Å². The van der Waals surface area contributed by atoms with E-state index in [4.69, 9.17) is 27.5 Å².